The van der Waals surface area contributed by atoms with Crippen molar-refractivity contribution < 1.29 is 19.1 Å². The average Bonchev–Trinajstić information content (AvgIpc) is 3.27. The minimum atomic E-state index is -0.516. The fourth-order valence-corrected chi connectivity index (χ4v) is 3.32. The topological polar surface area (TPSA) is 59.7 Å². The average molecular weight is 399 g/mol. The van der Waals surface area contributed by atoms with E-state index in [2.05, 4.69) is 38.2 Å². The van der Waals surface area contributed by atoms with Crippen LogP contribution in [-0.4, -0.2) is 17.2 Å². The smallest absolute Gasteiger partial charge is 0.338 e. The molecule has 1 aliphatic rings. The monoisotopic (exact) mass is 398 g/mol. The molecule has 158 valence electrons. The predicted octanol–water partition coefficient (Wildman–Crippen LogP) is 6.61. The molecule has 0 saturated carbocycles. The van der Waals surface area contributed by atoms with Crippen LogP contribution in [-0.2, 0) is 16.0 Å². The van der Waals surface area contributed by atoms with Crippen molar-refractivity contribution in [1.82, 2.24) is 0 Å². The number of carbonyl (C=O) groups is 1. The number of ether oxygens (including phenoxy) is 1. The second-order valence-corrected chi connectivity index (χ2v) is 8.10. The van der Waals surface area contributed by atoms with Crippen molar-refractivity contribution in [3.63, 3.8) is 0 Å². The van der Waals surface area contributed by atoms with E-state index in [4.69, 9.17) is 9.15 Å². The van der Waals surface area contributed by atoms with Crippen LogP contribution in [0, 0.1) is 5.92 Å². The Bertz CT molecular complexity index is 778. The zero-order valence-corrected chi connectivity index (χ0v) is 18.1. The standard InChI is InChI=1S/C25H34O4/c1-18(8-5-9-19(2)11-7-13-22-14-15-28-17-22)10-6-12-20(3)16-23-24(26)21(4)25(27)29-23/h5,8-9,12,14-15,17-18,23,26H,6-7,10-11,13,16H2,1-4H3/b8-5+,19-9+,20-12-/t18?,23-/m1/s1. The lowest BCUT2D eigenvalue weighted by Gasteiger charge is -2.11. The first-order chi connectivity index (χ1) is 13.9. The molecule has 1 N–H and O–H groups in total. The van der Waals surface area contributed by atoms with Gasteiger partial charge in [0.2, 0.25) is 0 Å². The number of aryl methyl sites for hydroxylation is 1. The first-order valence-corrected chi connectivity index (χ1v) is 10.5. The molecule has 0 amide bonds. The van der Waals surface area contributed by atoms with Crippen molar-refractivity contribution in [3.05, 3.63) is 70.9 Å². The SMILES string of the molecule is CC1=C(O)[C@@H](C/C(C)=C\CCC(C)/C=C/C=C(\C)CCCc2ccoc2)OC1=O. The van der Waals surface area contributed by atoms with Crippen molar-refractivity contribution in [2.75, 3.05) is 0 Å². The van der Waals surface area contributed by atoms with Gasteiger partial charge in [-0.25, -0.2) is 4.79 Å². The van der Waals surface area contributed by atoms with E-state index < -0.39 is 12.1 Å². The summed E-state index contributed by atoms with van der Waals surface area (Å²) in [6.45, 7) is 8.02. The van der Waals surface area contributed by atoms with Gasteiger partial charge in [-0.15, -0.1) is 0 Å². The number of cyclic esters (lactones) is 1. The molecule has 2 heterocycles. The summed E-state index contributed by atoms with van der Waals surface area (Å²) in [5.41, 5.74) is 4.11. The van der Waals surface area contributed by atoms with Crippen LogP contribution in [0.2, 0.25) is 0 Å². The Morgan fingerprint density at radius 3 is 2.76 bits per heavy atom. The molecule has 1 aliphatic heterocycles. The quantitative estimate of drug-likeness (QED) is 0.259. The maximum atomic E-state index is 11.5. The predicted molar refractivity (Wildman–Crippen MR) is 117 cm³/mol. The fourth-order valence-electron chi connectivity index (χ4n) is 3.32. The van der Waals surface area contributed by atoms with Crippen LogP contribution >= 0.6 is 0 Å². The third-order valence-electron chi connectivity index (χ3n) is 5.30. The zero-order chi connectivity index (χ0) is 21.2. The first-order valence-electron chi connectivity index (χ1n) is 10.5. The number of rotatable bonds is 11. The van der Waals surface area contributed by atoms with E-state index in [1.165, 1.54) is 11.1 Å². The lowest BCUT2D eigenvalue weighted by atomic mass is 10.0. The molecule has 29 heavy (non-hydrogen) atoms. The van der Waals surface area contributed by atoms with Gasteiger partial charge >= 0.3 is 5.97 Å². The van der Waals surface area contributed by atoms with E-state index in [0.29, 0.717) is 17.9 Å². The van der Waals surface area contributed by atoms with Gasteiger partial charge in [0.05, 0.1) is 18.1 Å². The normalized spacial score (nSPS) is 19.3. The van der Waals surface area contributed by atoms with Gasteiger partial charge in [0, 0.05) is 6.42 Å². The van der Waals surface area contributed by atoms with Crippen molar-refractivity contribution in [1.29, 1.82) is 0 Å². The van der Waals surface area contributed by atoms with Gasteiger partial charge in [0.15, 0.2) is 6.10 Å². The largest absolute Gasteiger partial charge is 0.508 e. The maximum absolute atomic E-state index is 11.5. The molecule has 1 aromatic heterocycles. The second-order valence-electron chi connectivity index (χ2n) is 8.10. The molecule has 0 aromatic carbocycles. The summed E-state index contributed by atoms with van der Waals surface area (Å²) in [5, 5.41) is 9.92. The number of allylic oxidation sites excluding steroid dienone is 5. The van der Waals surface area contributed by atoms with E-state index >= 15 is 0 Å². The molecular formula is C25H34O4. The first kappa shape index (κ1) is 22.8. The van der Waals surface area contributed by atoms with Crippen molar-refractivity contribution in [3.8, 4) is 0 Å². The lowest BCUT2D eigenvalue weighted by molar-refractivity contribution is -0.140. The number of hydrogen-bond acceptors (Lipinski definition) is 4. The van der Waals surface area contributed by atoms with E-state index in [1.807, 2.05) is 19.3 Å². The molecule has 0 fully saturated rings. The summed E-state index contributed by atoms with van der Waals surface area (Å²) in [6, 6.07) is 2.03. The summed E-state index contributed by atoms with van der Waals surface area (Å²) in [7, 11) is 0. The highest BCUT2D eigenvalue weighted by Gasteiger charge is 2.31. The Kier molecular flexibility index (Phi) is 9.04. The Hall–Kier alpha value is -2.49. The molecule has 0 saturated heterocycles. The van der Waals surface area contributed by atoms with Crippen molar-refractivity contribution in [2.45, 2.75) is 72.3 Å². The minimum Gasteiger partial charge on any atom is -0.508 e. The Labute approximate surface area is 174 Å². The Morgan fingerprint density at radius 2 is 2.10 bits per heavy atom. The third kappa shape index (κ3) is 7.80. The second kappa shape index (κ2) is 11.5. The van der Waals surface area contributed by atoms with Crippen LogP contribution in [0.3, 0.4) is 0 Å². The minimum absolute atomic E-state index is 0.0750. The Balaban J connectivity index is 1.65. The molecule has 0 bridgehead atoms. The van der Waals surface area contributed by atoms with Gasteiger partial charge in [-0.3, -0.25) is 0 Å². The molecule has 1 unspecified atom stereocenters. The molecule has 2 rings (SSSR count). The van der Waals surface area contributed by atoms with E-state index in [-0.39, 0.29) is 5.76 Å². The summed E-state index contributed by atoms with van der Waals surface area (Å²) < 4.78 is 10.3. The number of aliphatic hydroxyl groups is 1. The van der Waals surface area contributed by atoms with Crippen LogP contribution in [0.25, 0.3) is 0 Å². The number of aliphatic hydroxyl groups excluding tert-OH is 1. The Morgan fingerprint density at radius 1 is 1.31 bits per heavy atom. The van der Waals surface area contributed by atoms with Gasteiger partial charge in [-0.2, -0.15) is 0 Å². The maximum Gasteiger partial charge on any atom is 0.338 e. The van der Waals surface area contributed by atoms with Crippen LogP contribution in [0.5, 0.6) is 0 Å². The van der Waals surface area contributed by atoms with E-state index in [0.717, 1.165) is 37.7 Å². The van der Waals surface area contributed by atoms with Crippen LogP contribution < -0.4 is 0 Å². The van der Waals surface area contributed by atoms with Gasteiger partial charge in [-0.05, 0) is 70.4 Å². The molecular weight excluding hydrogens is 364 g/mol. The highest BCUT2D eigenvalue weighted by molar-refractivity contribution is 5.91. The molecule has 2 atom stereocenters. The van der Waals surface area contributed by atoms with Crippen LogP contribution in [0.15, 0.2) is 69.8 Å². The highest BCUT2D eigenvalue weighted by Crippen LogP contribution is 2.25. The summed E-state index contributed by atoms with van der Waals surface area (Å²) in [5.74, 6) is 0.156. The van der Waals surface area contributed by atoms with E-state index in [1.54, 1.807) is 13.2 Å². The summed E-state index contributed by atoms with van der Waals surface area (Å²) >= 11 is 0. The van der Waals surface area contributed by atoms with Crippen LogP contribution in [0.4, 0.5) is 0 Å². The molecule has 4 heteroatoms. The number of carbonyl (C=O) groups excluding carboxylic acids is 1. The number of esters is 1. The molecule has 1 aromatic rings. The summed E-state index contributed by atoms with van der Waals surface area (Å²) in [6.07, 6.45) is 17.7. The van der Waals surface area contributed by atoms with Crippen molar-refractivity contribution in [2.24, 2.45) is 5.92 Å². The van der Waals surface area contributed by atoms with Gasteiger partial charge in [-0.1, -0.05) is 42.4 Å². The van der Waals surface area contributed by atoms with E-state index in [9.17, 15) is 9.90 Å². The molecule has 0 spiro atoms. The number of furan rings is 1. The summed E-state index contributed by atoms with van der Waals surface area (Å²) in [4.78, 5) is 11.5. The van der Waals surface area contributed by atoms with Gasteiger partial charge in [0.1, 0.15) is 5.76 Å². The molecule has 0 aliphatic carbocycles. The van der Waals surface area contributed by atoms with Gasteiger partial charge < -0.3 is 14.3 Å². The van der Waals surface area contributed by atoms with Crippen LogP contribution in [0.1, 0.15) is 65.4 Å². The molecule has 4 nitrogen and oxygen atoms in total. The zero-order valence-electron chi connectivity index (χ0n) is 18.1. The number of hydrogen-bond donors (Lipinski definition) is 1. The lowest BCUT2D eigenvalue weighted by Crippen LogP contribution is -2.12. The molecule has 0 radical (unpaired) electrons. The fraction of sp³-hybridized carbons (Fsp3) is 0.480. The van der Waals surface area contributed by atoms with Gasteiger partial charge in [0.25, 0.3) is 0 Å². The third-order valence-corrected chi connectivity index (χ3v) is 5.30. The van der Waals surface area contributed by atoms with Crippen molar-refractivity contribution >= 4 is 5.97 Å². The highest BCUT2D eigenvalue weighted by atomic mass is 16.6.